The second-order valence-corrected chi connectivity index (χ2v) is 31.1. The average molecular weight is 1760 g/mol. The van der Waals surface area contributed by atoms with Crippen LogP contribution in [0.15, 0.2) is 315 Å². The highest BCUT2D eigenvalue weighted by atomic mass is 35.5. The van der Waals surface area contributed by atoms with Crippen LogP contribution < -0.4 is 39.2 Å². The summed E-state index contributed by atoms with van der Waals surface area (Å²) < 4.78 is 5.25. The molecule has 0 bridgehead atoms. The summed E-state index contributed by atoms with van der Waals surface area (Å²) in [6, 6.07) is 83.3. The number of anilines is 8. The molecule has 4 unspecified atom stereocenters. The molecule has 7 N–H and O–H groups in total. The first-order valence-corrected chi connectivity index (χ1v) is 39.9. The number of carbonyl (C=O) groups excluding carboxylic acids is 5. The minimum atomic E-state index is -2.35. The summed E-state index contributed by atoms with van der Waals surface area (Å²) in [6.45, 7) is -0.313. The third-order valence-electron chi connectivity index (χ3n) is 20.3. The van der Waals surface area contributed by atoms with Gasteiger partial charge in [0.1, 0.15) is 24.2 Å². The van der Waals surface area contributed by atoms with Crippen LogP contribution in [0.1, 0.15) is 53.3 Å². The Morgan fingerprint density at radius 3 is 0.655 bits per heavy atom. The summed E-state index contributed by atoms with van der Waals surface area (Å²) >= 11 is 48.1. The van der Waals surface area contributed by atoms with Gasteiger partial charge < -0.3 is 40.5 Å². The van der Waals surface area contributed by atoms with Crippen molar-refractivity contribution in [2.45, 2.75) is 54.0 Å². The predicted octanol–water partition coefficient (Wildman–Crippen LogP) is 20.0. The van der Waals surface area contributed by atoms with E-state index in [9.17, 15) is 59.7 Å². The number of hydrogen-bond donors (Lipinski definition) is 7. The van der Waals surface area contributed by atoms with Crippen molar-refractivity contribution in [1.82, 2.24) is 0 Å². The van der Waals surface area contributed by atoms with Crippen molar-refractivity contribution in [2.75, 3.05) is 65.6 Å². The van der Waals surface area contributed by atoms with Crippen LogP contribution in [-0.4, -0.2) is 115 Å². The van der Waals surface area contributed by atoms with Crippen LogP contribution in [0.2, 0.25) is 40.2 Å². The number of rotatable bonds is 17. The third-order valence-corrected chi connectivity index (χ3v) is 22.3. The molecule has 0 aromatic heterocycles. The number of nitrogens with zero attached hydrogens (tertiary/aromatic N) is 8. The van der Waals surface area contributed by atoms with E-state index in [-0.39, 0.29) is 6.61 Å². The van der Waals surface area contributed by atoms with Crippen LogP contribution in [0, 0.1) is 0 Å². The molecule has 119 heavy (non-hydrogen) atoms. The highest BCUT2D eigenvalue weighted by Gasteiger charge is 2.65. The number of amides is 8. The monoisotopic (exact) mass is 1750 g/mol. The first kappa shape index (κ1) is 86.1. The predicted molar refractivity (Wildman–Crippen MR) is 467 cm³/mol. The van der Waals surface area contributed by atoms with Crippen molar-refractivity contribution in [3.63, 3.8) is 0 Å². The Morgan fingerprint density at radius 1 is 0.277 bits per heavy atom. The van der Waals surface area contributed by atoms with Crippen molar-refractivity contribution in [3.05, 3.63) is 378 Å². The van der Waals surface area contributed by atoms with Crippen molar-refractivity contribution in [1.29, 1.82) is 0 Å². The number of aliphatic hydroxyl groups excluding tert-OH is 3. The van der Waals surface area contributed by atoms with Crippen LogP contribution in [0.25, 0.3) is 0 Å². The molecule has 16 rings (SSSR count). The topological polar surface area (TPSA) is 262 Å². The average Bonchev–Trinajstić information content (AvgIpc) is 1.58. The molecule has 4 aliphatic heterocycles. The lowest BCUT2D eigenvalue weighted by molar-refractivity contribution is -0.165. The lowest BCUT2D eigenvalue weighted by atomic mass is 9.94. The number of ether oxygens (including phenoxy) is 1. The van der Waals surface area contributed by atoms with Gasteiger partial charge in [-0.3, -0.25) is 39.2 Å². The Hall–Kier alpha value is -10.8. The molecular weight excluding hydrogens is 1680 g/mol. The molecule has 29 heteroatoms. The molecule has 8 atom stereocenters. The van der Waals surface area contributed by atoms with E-state index in [0.717, 1.165) is 4.90 Å². The Morgan fingerprint density at radius 2 is 0.454 bits per heavy atom. The lowest BCUT2D eigenvalue weighted by Crippen LogP contribution is -2.56. The van der Waals surface area contributed by atoms with Gasteiger partial charge in [-0.1, -0.05) is 214 Å². The largest absolute Gasteiger partial charge is 0.462 e. The number of urea groups is 4. The number of hydrogen-bond acceptors (Lipinski definition) is 13. The number of carbonyl (C=O) groups is 5. The van der Waals surface area contributed by atoms with Gasteiger partial charge in [0.05, 0.1) is 26.4 Å². The molecule has 4 saturated heterocycles. The molecule has 12 aromatic carbocycles. The first-order chi connectivity index (χ1) is 57.2. The van der Waals surface area contributed by atoms with E-state index in [0.29, 0.717) is 108 Å². The maximum atomic E-state index is 13.8. The molecule has 0 spiro atoms. The number of aliphatic hydroxyl groups is 7. The number of esters is 1. The molecule has 0 aliphatic carbocycles. The van der Waals surface area contributed by atoms with E-state index in [2.05, 4.69) is 0 Å². The Labute approximate surface area is 725 Å². The van der Waals surface area contributed by atoms with Gasteiger partial charge in [-0.25, -0.2) is 24.0 Å². The fourth-order valence-electron chi connectivity index (χ4n) is 15.0. The smallest absolute Gasteiger partial charge is 0.362 e. The summed E-state index contributed by atoms with van der Waals surface area (Å²) in [5.74, 6) is -0.936. The minimum absolute atomic E-state index is 0.0340. The molecule has 12 aromatic rings. The van der Waals surface area contributed by atoms with Crippen LogP contribution in [0.3, 0.4) is 0 Å². The SMILES string of the molecule is CCOC(=O)C1(O)C(c2ccccc2)N(c2ccc(Cl)cc2)C(=O)N1c1ccc(Cl)cc1.O=C1N(c2ccc(Cl)cc2)C(c2ccccc2)C(O)(CO)N1c1ccc(Cl)cc1.O=C1N(c2ccc(Cl)cc2)[C@@H](c2ccccc2)[C@@](O)(CO)N1c1ccc(Cl)cc1.O=C1N(c2ccc(Cl)cc2)[C@H](c2ccccc2)[C@](O)(CO)N1c1ccc(Cl)cc1. The fraction of sp³-hybridized carbons (Fsp3) is 0.144. The van der Waals surface area contributed by atoms with Crippen LogP contribution >= 0.6 is 92.8 Å². The Kier molecular flexibility index (Phi) is 26.7. The first-order valence-electron chi connectivity index (χ1n) is 36.9. The second kappa shape index (κ2) is 36.8. The van der Waals surface area contributed by atoms with Crippen LogP contribution in [0.4, 0.5) is 64.7 Å². The highest BCUT2D eigenvalue weighted by Crippen LogP contribution is 2.52. The van der Waals surface area contributed by atoms with Crippen molar-refractivity contribution in [3.8, 4) is 0 Å². The molecule has 0 saturated carbocycles. The van der Waals surface area contributed by atoms with E-state index < -0.39 is 97.0 Å². The van der Waals surface area contributed by atoms with E-state index in [1.807, 2.05) is 97.1 Å². The molecule has 8 amide bonds. The minimum Gasteiger partial charge on any atom is -0.462 e. The molecule has 608 valence electrons. The molecule has 0 radical (unpaired) electrons. The molecule has 4 heterocycles. The summed E-state index contributed by atoms with van der Waals surface area (Å²) in [6.07, 6.45) is 0. The van der Waals surface area contributed by atoms with E-state index >= 15 is 0 Å². The highest BCUT2D eigenvalue weighted by molar-refractivity contribution is 6.33. The summed E-state index contributed by atoms with van der Waals surface area (Å²) in [4.78, 5) is 78.1. The summed E-state index contributed by atoms with van der Waals surface area (Å²) in [7, 11) is 0. The quantitative estimate of drug-likeness (QED) is 0.0419. The normalized spacial score (nSPS) is 21.3. The molecule has 4 fully saturated rings. The zero-order valence-electron chi connectivity index (χ0n) is 62.8. The third kappa shape index (κ3) is 17.1. The van der Waals surface area contributed by atoms with E-state index in [1.54, 1.807) is 225 Å². The Balaban J connectivity index is 0.000000137. The standard InChI is InChI=1S/C24H20Cl2N2O4.3C22H18Cl2N2O3/c1-2-32-22(29)24(31)21(16-6-4-3-5-7-16)27(19-12-8-17(25)9-13-19)23(30)28(24)20-14-10-18(26)11-15-20;3*23-16-6-10-18(11-7-16)25-20(15-4-2-1-3-5-15)22(29,14-27)26(21(25)28)19-12-8-17(24)9-13-19/h3-15,21,31H,2H2,1H3;3*1-13,20,27,29H,14H2/t;2*20-,22-;/m.10./s1. The zero-order valence-corrected chi connectivity index (χ0v) is 68.9. The second-order valence-electron chi connectivity index (χ2n) is 27.6. The zero-order chi connectivity index (χ0) is 84.7. The lowest BCUT2D eigenvalue weighted by Gasteiger charge is -2.35. The van der Waals surface area contributed by atoms with Gasteiger partial charge in [0, 0.05) is 85.7 Å². The van der Waals surface area contributed by atoms with Crippen molar-refractivity contribution < 1.29 is 64.5 Å². The van der Waals surface area contributed by atoms with Gasteiger partial charge in [-0.15, -0.1) is 0 Å². The molecule has 21 nitrogen and oxygen atoms in total. The van der Waals surface area contributed by atoms with Crippen LogP contribution in [-0.2, 0) is 9.53 Å². The Bertz CT molecular complexity index is 5140. The number of benzene rings is 12. The number of halogens is 8. The van der Waals surface area contributed by atoms with Gasteiger partial charge in [-0.05, 0) is 223 Å². The maximum absolute atomic E-state index is 13.8. The van der Waals surface area contributed by atoms with E-state index in [4.69, 9.17) is 97.5 Å². The van der Waals surface area contributed by atoms with Crippen LogP contribution in [0.5, 0.6) is 0 Å². The van der Waals surface area contributed by atoms with Gasteiger partial charge >= 0.3 is 30.1 Å². The van der Waals surface area contributed by atoms with E-state index in [1.165, 1.54) is 34.3 Å². The van der Waals surface area contributed by atoms with Gasteiger partial charge in [-0.2, -0.15) is 0 Å². The fourth-order valence-corrected chi connectivity index (χ4v) is 16.0. The van der Waals surface area contributed by atoms with Crippen molar-refractivity contribution in [2.24, 2.45) is 0 Å². The van der Waals surface area contributed by atoms with Gasteiger partial charge in [0.25, 0.3) is 5.72 Å². The maximum Gasteiger partial charge on any atom is 0.362 e. The summed E-state index contributed by atoms with van der Waals surface area (Å²) in [5, 5.41) is 81.6. The summed E-state index contributed by atoms with van der Waals surface area (Å²) in [5.41, 5.74) is -1.73. The van der Waals surface area contributed by atoms with Crippen molar-refractivity contribution >= 4 is 168 Å². The van der Waals surface area contributed by atoms with Gasteiger partial charge in [0.15, 0.2) is 17.2 Å². The molecule has 4 aliphatic rings. The van der Waals surface area contributed by atoms with Gasteiger partial charge in [0.2, 0.25) is 0 Å². The molecular formula is C90H74Cl8N8O13.